The van der Waals surface area contributed by atoms with Gasteiger partial charge in [0.25, 0.3) is 0 Å². The first-order valence-corrected chi connectivity index (χ1v) is 11.7. The molecule has 0 aliphatic rings. The Hall–Kier alpha value is -4.86. The topological polar surface area (TPSA) is 18.5 Å². The SMILES string of the molecule is C=C(C)/C=C\C(=C)C(=C)/C=C(/F)C(=C)C(=C)/C=C(/F)C(=C)C(=C)/C=C(/F)C(=C)C(F)(F)OC(=C)/C=C(/F)C(=C)OC(F)F. The number of rotatable bonds is 18. The lowest BCUT2D eigenvalue weighted by molar-refractivity contribution is -0.178. The predicted molar refractivity (Wildman–Crippen MR) is 156 cm³/mol. The second kappa shape index (κ2) is 16.5. The Morgan fingerprint density at radius 3 is 1.49 bits per heavy atom. The van der Waals surface area contributed by atoms with Gasteiger partial charge in [-0.05, 0) is 47.4 Å². The van der Waals surface area contributed by atoms with E-state index in [0.717, 1.165) is 11.6 Å². The van der Waals surface area contributed by atoms with Crippen molar-refractivity contribution in [3.8, 4) is 0 Å². The molecule has 10 heteroatoms. The van der Waals surface area contributed by atoms with Crippen LogP contribution in [-0.4, -0.2) is 12.7 Å². The quantitative estimate of drug-likeness (QED) is 0.0873. The lowest BCUT2D eigenvalue weighted by Gasteiger charge is -2.19. The molecule has 0 saturated heterocycles. The summed E-state index contributed by atoms with van der Waals surface area (Å²) < 4.78 is 118. The lowest BCUT2D eigenvalue weighted by atomic mass is 10.0. The van der Waals surface area contributed by atoms with Crippen LogP contribution in [0.4, 0.5) is 35.1 Å². The van der Waals surface area contributed by atoms with Crippen LogP contribution >= 0.6 is 0 Å². The zero-order chi connectivity index (χ0) is 33.8. The van der Waals surface area contributed by atoms with Gasteiger partial charge in [-0.25, -0.2) is 17.6 Å². The van der Waals surface area contributed by atoms with E-state index in [2.05, 4.69) is 75.3 Å². The maximum atomic E-state index is 14.8. The molecule has 0 radical (unpaired) electrons. The fourth-order valence-corrected chi connectivity index (χ4v) is 2.42. The summed E-state index contributed by atoms with van der Waals surface area (Å²) in [5, 5.41) is 0. The normalized spacial score (nSPS) is 13.0. The van der Waals surface area contributed by atoms with Crippen LogP contribution in [0.25, 0.3) is 0 Å². The first-order chi connectivity index (χ1) is 19.6. The Morgan fingerprint density at radius 1 is 0.605 bits per heavy atom. The van der Waals surface area contributed by atoms with Gasteiger partial charge in [-0.15, -0.1) is 0 Å². The van der Waals surface area contributed by atoms with Crippen molar-refractivity contribution in [3.63, 3.8) is 0 Å². The van der Waals surface area contributed by atoms with Crippen molar-refractivity contribution in [2.75, 3.05) is 0 Å². The predicted octanol–water partition coefficient (Wildman–Crippen LogP) is 11.3. The van der Waals surface area contributed by atoms with Crippen molar-refractivity contribution in [1.82, 2.24) is 0 Å². The van der Waals surface area contributed by atoms with Gasteiger partial charge in [0.05, 0.1) is 5.57 Å². The van der Waals surface area contributed by atoms with E-state index in [1.165, 1.54) is 0 Å². The van der Waals surface area contributed by atoms with Crippen LogP contribution in [0.3, 0.4) is 0 Å². The number of hydrogen-bond donors (Lipinski definition) is 0. The summed E-state index contributed by atoms with van der Waals surface area (Å²) in [6, 6.07) is 0. The van der Waals surface area contributed by atoms with Crippen molar-refractivity contribution < 1.29 is 44.6 Å². The van der Waals surface area contributed by atoms with Crippen LogP contribution < -0.4 is 0 Å². The minimum absolute atomic E-state index is 0.139. The molecule has 0 amide bonds. The van der Waals surface area contributed by atoms with Crippen LogP contribution in [0.2, 0.25) is 0 Å². The van der Waals surface area contributed by atoms with Crippen LogP contribution in [0, 0.1) is 0 Å². The highest BCUT2D eigenvalue weighted by atomic mass is 19.3. The van der Waals surface area contributed by atoms with E-state index >= 15 is 0 Å². The highest BCUT2D eigenvalue weighted by Gasteiger charge is 2.38. The van der Waals surface area contributed by atoms with Gasteiger partial charge in [0.2, 0.25) is 0 Å². The van der Waals surface area contributed by atoms with E-state index in [1.54, 1.807) is 19.1 Å². The van der Waals surface area contributed by atoms with E-state index in [0.29, 0.717) is 17.7 Å². The average molecular weight is 611 g/mol. The third-order valence-corrected chi connectivity index (χ3v) is 4.92. The Morgan fingerprint density at radius 2 is 1.05 bits per heavy atom. The van der Waals surface area contributed by atoms with Gasteiger partial charge in [0, 0.05) is 17.2 Å². The molecule has 0 bridgehead atoms. The van der Waals surface area contributed by atoms with Crippen molar-refractivity contribution in [1.29, 1.82) is 0 Å². The molecule has 0 rings (SSSR count). The van der Waals surface area contributed by atoms with Gasteiger partial charge in [0.1, 0.15) is 23.2 Å². The minimum Gasteiger partial charge on any atom is -0.432 e. The van der Waals surface area contributed by atoms with Crippen molar-refractivity contribution in [2.45, 2.75) is 19.6 Å². The molecule has 0 aromatic rings. The fraction of sp³-hybridized carbons (Fsp3) is 0.0909. The summed E-state index contributed by atoms with van der Waals surface area (Å²) in [6.45, 7) is 31.7. The average Bonchev–Trinajstić information content (AvgIpc) is 2.88. The number of alkyl halides is 4. The summed E-state index contributed by atoms with van der Waals surface area (Å²) in [7, 11) is 0. The molecule has 0 N–H and O–H groups in total. The molecular weight excluding hydrogens is 580 g/mol. The van der Waals surface area contributed by atoms with Crippen molar-refractivity contribution in [2.24, 2.45) is 0 Å². The largest absolute Gasteiger partial charge is 0.432 e. The van der Waals surface area contributed by atoms with Crippen LogP contribution in [0.5, 0.6) is 0 Å². The Balaban J connectivity index is 5.61. The minimum atomic E-state index is -4.54. The number of ether oxygens (including phenoxy) is 2. The van der Waals surface area contributed by atoms with Gasteiger partial charge in [-0.1, -0.05) is 83.5 Å². The standard InChI is InChI=1S/C33H30F8O2/c1-18(2)12-13-19(3)20(4)14-28(34)24(8)21(5)15-29(35)25(9)22(6)16-30(36)26(10)33(40,41)43-23(7)17-31(37)27(11)42-32(38)39/h12-17,32H,1,3-11H2,2H3/b13-12-,28-14+,29-15+,30-16+,31-17+. The molecule has 0 unspecified atom stereocenters. The summed E-state index contributed by atoms with van der Waals surface area (Å²) in [6.07, 6.45) is 0.841. The summed E-state index contributed by atoms with van der Waals surface area (Å²) in [4.78, 5) is 0. The molecule has 0 aliphatic heterocycles. The monoisotopic (exact) mass is 610 g/mol. The lowest BCUT2D eigenvalue weighted by Crippen LogP contribution is -2.23. The zero-order valence-corrected chi connectivity index (χ0v) is 23.5. The Bertz CT molecular complexity index is 1430. The molecule has 2 nitrogen and oxygen atoms in total. The maximum Gasteiger partial charge on any atom is 0.428 e. The highest BCUT2D eigenvalue weighted by molar-refractivity contribution is 5.56. The molecular formula is C33H30F8O2. The maximum absolute atomic E-state index is 14.8. The van der Waals surface area contributed by atoms with Crippen molar-refractivity contribution >= 4 is 0 Å². The molecule has 43 heavy (non-hydrogen) atoms. The summed E-state index contributed by atoms with van der Waals surface area (Å²) >= 11 is 0. The molecule has 230 valence electrons. The molecule has 0 spiro atoms. The zero-order valence-electron chi connectivity index (χ0n) is 23.5. The van der Waals surface area contributed by atoms with Crippen molar-refractivity contribution in [3.05, 3.63) is 182 Å². The Labute approximate surface area is 246 Å². The molecule has 0 saturated carbocycles. The van der Waals surface area contributed by atoms with E-state index in [-0.39, 0.29) is 22.8 Å². The molecule has 0 aromatic heterocycles. The molecule has 0 heterocycles. The second-order valence-corrected chi connectivity index (χ2v) is 8.57. The van der Waals surface area contributed by atoms with Crippen LogP contribution in [0.15, 0.2) is 182 Å². The van der Waals surface area contributed by atoms with Gasteiger partial charge in [-0.2, -0.15) is 17.6 Å². The van der Waals surface area contributed by atoms with E-state index in [9.17, 15) is 35.1 Å². The first kappa shape index (κ1) is 38.1. The third kappa shape index (κ3) is 13.1. The van der Waals surface area contributed by atoms with Crippen LogP contribution in [0.1, 0.15) is 6.92 Å². The smallest absolute Gasteiger partial charge is 0.428 e. The van der Waals surface area contributed by atoms with Gasteiger partial charge >= 0.3 is 12.7 Å². The molecule has 0 aliphatic carbocycles. The Kier molecular flexibility index (Phi) is 14.7. The highest BCUT2D eigenvalue weighted by Crippen LogP contribution is 2.35. The summed E-state index contributed by atoms with van der Waals surface area (Å²) in [5.74, 6) is -7.81. The van der Waals surface area contributed by atoms with E-state index in [4.69, 9.17) is 0 Å². The molecule has 0 aromatic carbocycles. The number of halogens is 8. The van der Waals surface area contributed by atoms with Crippen LogP contribution in [-0.2, 0) is 9.47 Å². The number of allylic oxidation sites excluding steroid dienone is 16. The van der Waals surface area contributed by atoms with E-state index < -0.39 is 64.3 Å². The number of hydrogen-bond acceptors (Lipinski definition) is 2. The third-order valence-electron chi connectivity index (χ3n) is 4.92. The summed E-state index contributed by atoms with van der Waals surface area (Å²) in [5.41, 5.74) is -2.08. The molecule has 0 fully saturated rings. The van der Waals surface area contributed by atoms with E-state index in [1.807, 2.05) is 0 Å². The molecule has 0 atom stereocenters. The fourth-order valence-electron chi connectivity index (χ4n) is 2.42. The van der Waals surface area contributed by atoms with Gasteiger partial charge in [-0.3, -0.25) is 0 Å². The first-order valence-electron chi connectivity index (χ1n) is 11.7. The second-order valence-electron chi connectivity index (χ2n) is 8.57. The van der Waals surface area contributed by atoms with Gasteiger partial charge < -0.3 is 9.47 Å². The van der Waals surface area contributed by atoms with Gasteiger partial charge in [0.15, 0.2) is 11.6 Å².